The van der Waals surface area contributed by atoms with Gasteiger partial charge in [-0.3, -0.25) is 9.59 Å². The Bertz CT molecular complexity index is 1690. The van der Waals surface area contributed by atoms with Crippen LogP contribution in [0.1, 0.15) is 66.5 Å². The van der Waals surface area contributed by atoms with Gasteiger partial charge in [-0.05, 0) is 105 Å². The van der Waals surface area contributed by atoms with Crippen LogP contribution in [0.5, 0.6) is 0 Å². The van der Waals surface area contributed by atoms with E-state index in [1.165, 1.54) is 16.8 Å². The fourth-order valence-corrected chi connectivity index (χ4v) is 6.10. The van der Waals surface area contributed by atoms with Crippen LogP contribution in [0.25, 0.3) is 22.4 Å². The molecular weight excluding hydrogens is 482 g/mol. The first kappa shape index (κ1) is 24.9. The lowest BCUT2D eigenvalue weighted by Gasteiger charge is -2.42. The minimum atomic E-state index is -0.235. The maximum absolute atomic E-state index is 13.4. The number of anilines is 1. The molecule has 0 atom stereocenters. The average Bonchev–Trinajstić information content (AvgIpc) is 3.14. The molecule has 6 rings (SSSR count). The Morgan fingerprint density at radius 3 is 2.15 bits per heavy atom. The molecule has 4 nitrogen and oxygen atoms in total. The maximum atomic E-state index is 13.4. The van der Waals surface area contributed by atoms with E-state index in [1.807, 2.05) is 55.5 Å². The standard InChI is InChI=1S/C35H31NO3/c1-6-36-31-14-12-23(16-28(31)21(2)20-35(36,4)5)11-13-27-17-26(15-22(3)39-27)32-33(37)29-18-24-9-7-8-10-25(24)19-30(29)34(32)38/h7-20H,6H2,1-5H3/b13-11+. The summed E-state index contributed by atoms with van der Waals surface area (Å²) in [4.78, 5) is 29.2. The Morgan fingerprint density at radius 1 is 0.846 bits per heavy atom. The zero-order valence-electron chi connectivity index (χ0n) is 23.0. The summed E-state index contributed by atoms with van der Waals surface area (Å²) in [6.45, 7) is 11.6. The SMILES string of the molecule is CCN1c2ccc(/C=C/C3=CC(=C4C(=O)c5cc6ccccc6cc5C4=O)C=C(C)O3)cc2C(C)=CC1(C)C. The van der Waals surface area contributed by atoms with Gasteiger partial charge in [-0.15, -0.1) is 0 Å². The molecule has 39 heavy (non-hydrogen) atoms. The first-order valence-electron chi connectivity index (χ1n) is 13.4. The van der Waals surface area contributed by atoms with Crippen molar-refractivity contribution in [1.29, 1.82) is 0 Å². The van der Waals surface area contributed by atoms with Crippen LogP contribution in [0, 0.1) is 0 Å². The van der Waals surface area contributed by atoms with Crippen LogP contribution in [0.4, 0.5) is 5.69 Å². The Balaban J connectivity index is 1.35. The zero-order valence-corrected chi connectivity index (χ0v) is 23.0. The number of rotatable bonds is 3. The van der Waals surface area contributed by atoms with Gasteiger partial charge >= 0.3 is 0 Å². The number of carbonyl (C=O) groups excluding carboxylic acids is 2. The van der Waals surface area contributed by atoms with E-state index < -0.39 is 0 Å². The molecule has 4 heteroatoms. The molecule has 3 aromatic carbocycles. The smallest absolute Gasteiger partial charge is 0.198 e. The summed E-state index contributed by atoms with van der Waals surface area (Å²) < 4.78 is 5.96. The number of carbonyl (C=O) groups is 2. The summed E-state index contributed by atoms with van der Waals surface area (Å²) in [7, 11) is 0. The predicted octanol–water partition coefficient (Wildman–Crippen LogP) is 8.07. The van der Waals surface area contributed by atoms with Gasteiger partial charge in [-0.1, -0.05) is 42.5 Å². The summed E-state index contributed by atoms with van der Waals surface area (Å²) in [5, 5.41) is 1.89. The van der Waals surface area contributed by atoms with Crippen molar-refractivity contribution in [2.75, 3.05) is 11.4 Å². The molecule has 1 aliphatic carbocycles. The summed E-state index contributed by atoms with van der Waals surface area (Å²) >= 11 is 0. The van der Waals surface area contributed by atoms with Crippen LogP contribution in [0.3, 0.4) is 0 Å². The van der Waals surface area contributed by atoms with Crippen molar-refractivity contribution >= 4 is 39.7 Å². The number of nitrogens with zero attached hydrogens (tertiary/aromatic N) is 1. The van der Waals surface area contributed by atoms with Crippen molar-refractivity contribution in [2.24, 2.45) is 0 Å². The minimum Gasteiger partial charge on any atom is -0.462 e. The molecule has 0 saturated carbocycles. The highest BCUT2D eigenvalue weighted by molar-refractivity contribution is 6.41. The Labute approximate surface area is 229 Å². The summed E-state index contributed by atoms with van der Waals surface area (Å²) in [5.41, 5.74) is 6.46. The van der Waals surface area contributed by atoms with Gasteiger partial charge in [0.25, 0.3) is 0 Å². The molecule has 194 valence electrons. The van der Waals surface area contributed by atoms with Crippen molar-refractivity contribution in [3.8, 4) is 0 Å². The van der Waals surface area contributed by atoms with Gasteiger partial charge in [0.05, 0.1) is 11.1 Å². The van der Waals surface area contributed by atoms with Crippen molar-refractivity contribution in [2.45, 2.75) is 40.2 Å². The molecule has 0 amide bonds. The van der Waals surface area contributed by atoms with Crippen LogP contribution in [0.15, 0.2) is 102 Å². The molecule has 3 aromatic rings. The molecule has 2 aliphatic heterocycles. The molecular formula is C35H31NO3. The third-order valence-electron chi connectivity index (χ3n) is 7.81. The predicted molar refractivity (Wildman–Crippen MR) is 159 cm³/mol. The van der Waals surface area contributed by atoms with E-state index in [0.717, 1.165) is 22.9 Å². The molecule has 0 saturated heterocycles. The largest absolute Gasteiger partial charge is 0.462 e. The summed E-state index contributed by atoms with van der Waals surface area (Å²) in [5.74, 6) is 0.746. The number of ketones is 2. The topological polar surface area (TPSA) is 46.6 Å². The number of allylic oxidation sites excluding steroid dienone is 7. The number of fused-ring (bicyclic) bond motifs is 3. The average molecular weight is 514 g/mol. The highest BCUT2D eigenvalue weighted by Gasteiger charge is 2.36. The molecule has 2 heterocycles. The Hall–Kier alpha value is -4.44. The lowest BCUT2D eigenvalue weighted by atomic mass is 9.88. The third-order valence-corrected chi connectivity index (χ3v) is 7.81. The Kier molecular flexibility index (Phi) is 5.80. The second kappa shape index (κ2) is 9.09. The number of hydrogen-bond acceptors (Lipinski definition) is 4. The van der Waals surface area contributed by atoms with Crippen LogP contribution in [0.2, 0.25) is 0 Å². The van der Waals surface area contributed by atoms with E-state index in [4.69, 9.17) is 4.74 Å². The van der Waals surface area contributed by atoms with Crippen LogP contribution < -0.4 is 4.90 Å². The number of Topliss-reactive ketones (excluding diaryl/α,β-unsaturated/α-hetero) is 2. The van der Waals surface area contributed by atoms with Crippen molar-refractivity contribution in [3.63, 3.8) is 0 Å². The van der Waals surface area contributed by atoms with Crippen LogP contribution in [-0.4, -0.2) is 23.7 Å². The van der Waals surface area contributed by atoms with E-state index in [1.54, 1.807) is 12.2 Å². The monoisotopic (exact) mass is 513 g/mol. The van der Waals surface area contributed by atoms with Crippen molar-refractivity contribution in [1.82, 2.24) is 0 Å². The fraction of sp³-hybridized carbons (Fsp3) is 0.200. The highest BCUT2D eigenvalue weighted by atomic mass is 16.5. The van der Waals surface area contributed by atoms with Gasteiger partial charge in [0.2, 0.25) is 0 Å². The highest BCUT2D eigenvalue weighted by Crippen LogP contribution is 2.39. The van der Waals surface area contributed by atoms with Crippen molar-refractivity contribution in [3.05, 3.63) is 124 Å². The number of benzene rings is 3. The van der Waals surface area contributed by atoms with Gasteiger partial charge in [0.15, 0.2) is 11.6 Å². The van der Waals surface area contributed by atoms with E-state index >= 15 is 0 Å². The number of likely N-dealkylation sites (N-methyl/N-ethyl adjacent to an activating group) is 1. The van der Waals surface area contributed by atoms with Gasteiger partial charge in [-0.2, -0.15) is 0 Å². The van der Waals surface area contributed by atoms with Gasteiger partial charge in [0.1, 0.15) is 11.5 Å². The van der Waals surface area contributed by atoms with E-state index in [0.29, 0.717) is 28.2 Å². The van der Waals surface area contributed by atoms with Crippen LogP contribution in [-0.2, 0) is 4.74 Å². The minimum absolute atomic E-state index is 0.0286. The first-order valence-corrected chi connectivity index (χ1v) is 13.4. The number of hydrogen-bond donors (Lipinski definition) is 0. The molecule has 0 radical (unpaired) electrons. The normalized spacial score (nSPS) is 18.2. The molecule has 3 aliphatic rings. The lowest BCUT2D eigenvalue weighted by Crippen LogP contribution is -2.44. The molecule has 0 aromatic heterocycles. The summed E-state index contributed by atoms with van der Waals surface area (Å²) in [6, 6.07) is 17.9. The van der Waals surface area contributed by atoms with E-state index in [2.05, 4.69) is 56.9 Å². The quantitative estimate of drug-likeness (QED) is 0.262. The third kappa shape index (κ3) is 4.17. The Morgan fingerprint density at radius 2 is 1.51 bits per heavy atom. The molecule has 0 spiro atoms. The second-order valence-electron chi connectivity index (χ2n) is 11.0. The lowest BCUT2D eigenvalue weighted by molar-refractivity contribution is 0.0988. The van der Waals surface area contributed by atoms with Crippen molar-refractivity contribution < 1.29 is 14.3 Å². The summed E-state index contributed by atoms with van der Waals surface area (Å²) in [6.07, 6.45) is 9.78. The van der Waals surface area contributed by atoms with Gasteiger partial charge in [0, 0.05) is 28.9 Å². The van der Waals surface area contributed by atoms with Crippen LogP contribution >= 0.6 is 0 Å². The maximum Gasteiger partial charge on any atom is 0.198 e. The molecule has 0 bridgehead atoms. The molecule has 0 fully saturated rings. The van der Waals surface area contributed by atoms with Gasteiger partial charge in [-0.25, -0.2) is 0 Å². The number of ether oxygens (including phenoxy) is 1. The zero-order chi connectivity index (χ0) is 27.5. The first-order chi connectivity index (χ1) is 18.7. The molecule has 0 unspecified atom stereocenters. The van der Waals surface area contributed by atoms with E-state index in [-0.39, 0.29) is 22.7 Å². The second-order valence-corrected chi connectivity index (χ2v) is 11.0. The van der Waals surface area contributed by atoms with E-state index in [9.17, 15) is 9.59 Å². The molecule has 0 N–H and O–H groups in total. The van der Waals surface area contributed by atoms with Gasteiger partial charge < -0.3 is 9.64 Å². The fourth-order valence-electron chi connectivity index (χ4n) is 6.10.